The highest BCUT2D eigenvalue weighted by Crippen LogP contribution is 2.31. The first-order valence-corrected chi connectivity index (χ1v) is 5.60. The van der Waals surface area contributed by atoms with Crippen molar-refractivity contribution in [2.75, 3.05) is 0 Å². The van der Waals surface area contributed by atoms with Crippen molar-refractivity contribution in [3.63, 3.8) is 0 Å². The molecule has 1 aromatic carbocycles. The Balaban J connectivity index is 2.96. The molecule has 19 heavy (non-hydrogen) atoms. The van der Waals surface area contributed by atoms with E-state index in [0.717, 1.165) is 16.9 Å². The minimum atomic E-state index is -0.881. The number of rotatable bonds is 2. The predicted molar refractivity (Wildman–Crippen MR) is 65.7 cm³/mol. The first kappa shape index (κ1) is 12.8. The first-order valence-electron chi connectivity index (χ1n) is 4.82. The second-order valence-corrected chi connectivity index (χ2v) is 4.55. The Bertz CT molecular complexity index is 789. The second-order valence-electron chi connectivity index (χ2n) is 3.56. The molecule has 2 aromatic rings. The van der Waals surface area contributed by atoms with Gasteiger partial charge in [0.2, 0.25) is 5.91 Å². The molecule has 10 heteroatoms. The third-order valence-corrected chi connectivity index (χ3v) is 3.47. The smallest absolute Gasteiger partial charge is 0.273 e. The van der Waals surface area contributed by atoms with Gasteiger partial charge in [-0.25, -0.2) is 0 Å². The van der Waals surface area contributed by atoms with Crippen LogP contribution in [0.1, 0.15) is 11.7 Å². The van der Waals surface area contributed by atoms with Gasteiger partial charge in [0.15, 0.2) is 0 Å². The summed E-state index contributed by atoms with van der Waals surface area (Å²) in [5.41, 5.74) is -2.02. The third kappa shape index (κ3) is 1.97. The van der Waals surface area contributed by atoms with E-state index in [1.54, 1.807) is 0 Å². The quantitative estimate of drug-likeness (QED) is 0.607. The molecule has 98 valence electrons. The number of fused-ring (bicyclic) bond motifs is 1. The standard InChI is InChI=1S/C9H5N3O6S/c1-4(13)10-9(14)8-6(12(17)18)2-5(11(15)16)3-7(8)19-10/h2-3H,1H3. The lowest BCUT2D eigenvalue weighted by Gasteiger charge is -1.93. The predicted octanol–water partition coefficient (Wildman–Crippen LogP) is 1.54. The molecular weight excluding hydrogens is 278 g/mol. The summed E-state index contributed by atoms with van der Waals surface area (Å²) < 4.78 is 0.752. The van der Waals surface area contributed by atoms with Crippen molar-refractivity contribution in [1.29, 1.82) is 0 Å². The zero-order valence-electron chi connectivity index (χ0n) is 9.35. The Kier molecular flexibility index (Phi) is 2.86. The molecule has 0 fully saturated rings. The Labute approximate surface area is 108 Å². The van der Waals surface area contributed by atoms with E-state index in [2.05, 4.69) is 0 Å². The van der Waals surface area contributed by atoms with Gasteiger partial charge in [0, 0.05) is 13.0 Å². The number of carbonyl (C=O) groups is 1. The molecule has 0 unspecified atom stereocenters. The summed E-state index contributed by atoms with van der Waals surface area (Å²) >= 11 is 0.641. The van der Waals surface area contributed by atoms with Gasteiger partial charge in [0.05, 0.1) is 20.6 Å². The van der Waals surface area contributed by atoms with Crippen molar-refractivity contribution in [3.05, 3.63) is 42.7 Å². The van der Waals surface area contributed by atoms with Gasteiger partial charge in [0.25, 0.3) is 16.9 Å². The third-order valence-electron chi connectivity index (χ3n) is 2.35. The van der Waals surface area contributed by atoms with E-state index >= 15 is 0 Å². The number of carbonyl (C=O) groups excluding carboxylic acids is 1. The van der Waals surface area contributed by atoms with E-state index in [1.807, 2.05) is 0 Å². The largest absolute Gasteiger partial charge is 0.290 e. The molecule has 0 saturated heterocycles. The lowest BCUT2D eigenvalue weighted by Crippen LogP contribution is -2.18. The summed E-state index contributed by atoms with van der Waals surface area (Å²) in [7, 11) is 0. The number of hydrogen-bond donors (Lipinski definition) is 0. The van der Waals surface area contributed by atoms with Gasteiger partial charge in [-0.2, -0.15) is 3.96 Å². The van der Waals surface area contributed by atoms with E-state index in [1.165, 1.54) is 0 Å². The topological polar surface area (TPSA) is 125 Å². The fraction of sp³-hybridized carbons (Fsp3) is 0.111. The molecule has 9 nitrogen and oxygen atoms in total. The van der Waals surface area contributed by atoms with Crippen LogP contribution in [-0.2, 0) is 0 Å². The van der Waals surface area contributed by atoms with Crippen LogP contribution in [0.4, 0.5) is 11.4 Å². The number of hydrogen-bond acceptors (Lipinski definition) is 7. The van der Waals surface area contributed by atoms with Gasteiger partial charge in [-0.05, 0) is 11.5 Å². The minimum Gasteiger partial charge on any atom is -0.273 e. The number of nitrogens with zero attached hydrogens (tertiary/aromatic N) is 3. The van der Waals surface area contributed by atoms with Crippen LogP contribution in [0, 0.1) is 20.2 Å². The molecule has 0 spiro atoms. The van der Waals surface area contributed by atoms with Gasteiger partial charge < -0.3 is 0 Å². The van der Waals surface area contributed by atoms with Crippen molar-refractivity contribution in [2.24, 2.45) is 0 Å². The van der Waals surface area contributed by atoms with Crippen molar-refractivity contribution >= 4 is 38.9 Å². The van der Waals surface area contributed by atoms with E-state index in [9.17, 15) is 29.8 Å². The second kappa shape index (κ2) is 4.24. The molecule has 2 rings (SSSR count). The van der Waals surface area contributed by atoms with Crippen LogP contribution >= 0.6 is 11.5 Å². The molecule has 0 aliphatic heterocycles. The fourth-order valence-electron chi connectivity index (χ4n) is 1.57. The summed E-state index contributed by atoms with van der Waals surface area (Å²) in [5, 5.41) is 21.3. The van der Waals surface area contributed by atoms with Crippen LogP contribution in [0.15, 0.2) is 16.9 Å². The molecular formula is C9H5N3O6S. The molecule has 0 atom stereocenters. The van der Waals surface area contributed by atoms with Crippen LogP contribution in [-0.4, -0.2) is 19.7 Å². The number of aromatic nitrogens is 1. The summed E-state index contributed by atoms with van der Waals surface area (Å²) in [6.45, 7) is 1.12. The van der Waals surface area contributed by atoms with Gasteiger partial charge in [-0.1, -0.05) is 0 Å². The zero-order chi connectivity index (χ0) is 14.3. The average Bonchev–Trinajstić information content (AvgIpc) is 2.65. The highest BCUT2D eigenvalue weighted by Gasteiger charge is 2.25. The first-order chi connectivity index (χ1) is 8.82. The van der Waals surface area contributed by atoms with Gasteiger partial charge >= 0.3 is 0 Å². The number of non-ortho nitro benzene ring substituents is 2. The molecule has 0 aliphatic rings. The maximum absolute atomic E-state index is 11.9. The summed E-state index contributed by atoms with van der Waals surface area (Å²) in [4.78, 5) is 42.9. The lowest BCUT2D eigenvalue weighted by atomic mass is 10.2. The van der Waals surface area contributed by atoms with Gasteiger partial charge in [-0.15, -0.1) is 0 Å². The Morgan fingerprint density at radius 2 is 1.89 bits per heavy atom. The van der Waals surface area contributed by atoms with Crippen molar-refractivity contribution in [2.45, 2.75) is 6.92 Å². The zero-order valence-corrected chi connectivity index (χ0v) is 10.2. The Morgan fingerprint density at radius 3 is 2.37 bits per heavy atom. The Morgan fingerprint density at radius 1 is 1.26 bits per heavy atom. The van der Waals surface area contributed by atoms with E-state index in [-0.39, 0.29) is 10.1 Å². The van der Waals surface area contributed by atoms with Crippen LogP contribution in [0.2, 0.25) is 0 Å². The highest BCUT2D eigenvalue weighted by molar-refractivity contribution is 7.15. The molecule has 0 bridgehead atoms. The summed E-state index contributed by atoms with van der Waals surface area (Å²) in [6.07, 6.45) is 0. The van der Waals surface area contributed by atoms with Gasteiger partial charge in [0.1, 0.15) is 5.39 Å². The minimum absolute atomic E-state index is 0.0288. The molecule has 0 saturated carbocycles. The van der Waals surface area contributed by atoms with E-state index in [0.29, 0.717) is 17.6 Å². The molecule has 0 radical (unpaired) electrons. The molecule has 1 heterocycles. The Hall–Kier alpha value is -2.62. The highest BCUT2D eigenvalue weighted by atomic mass is 32.1. The van der Waals surface area contributed by atoms with E-state index < -0.39 is 32.7 Å². The fourth-order valence-corrected chi connectivity index (χ4v) is 2.53. The molecule has 1 aromatic heterocycles. The monoisotopic (exact) mass is 283 g/mol. The van der Waals surface area contributed by atoms with E-state index in [4.69, 9.17) is 0 Å². The SMILES string of the molecule is CC(=O)n1sc2cc([N+](=O)[O-])cc([N+](=O)[O-])c2c1=O. The molecule has 0 N–H and O–H groups in total. The van der Waals surface area contributed by atoms with Crippen molar-refractivity contribution in [1.82, 2.24) is 3.96 Å². The summed E-state index contributed by atoms with van der Waals surface area (Å²) in [5.74, 6) is -0.608. The number of nitro benzene ring substituents is 2. The summed E-state index contributed by atoms with van der Waals surface area (Å²) in [6, 6.07) is 1.74. The molecule has 0 aliphatic carbocycles. The maximum Gasteiger partial charge on any atom is 0.290 e. The number of benzene rings is 1. The van der Waals surface area contributed by atoms with Crippen LogP contribution < -0.4 is 5.56 Å². The van der Waals surface area contributed by atoms with Crippen LogP contribution in [0.5, 0.6) is 0 Å². The molecule has 0 amide bonds. The normalized spacial score (nSPS) is 10.6. The lowest BCUT2D eigenvalue weighted by molar-refractivity contribution is -0.393. The maximum atomic E-state index is 11.9. The van der Waals surface area contributed by atoms with Crippen molar-refractivity contribution in [3.8, 4) is 0 Å². The number of nitro groups is 2. The van der Waals surface area contributed by atoms with Crippen LogP contribution in [0.3, 0.4) is 0 Å². The average molecular weight is 283 g/mol. The van der Waals surface area contributed by atoms with Gasteiger partial charge in [-0.3, -0.25) is 29.8 Å². The van der Waals surface area contributed by atoms with Crippen molar-refractivity contribution < 1.29 is 14.6 Å². The van der Waals surface area contributed by atoms with Crippen LogP contribution in [0.25, 0.3) is 10.1 Å².